The Morgan fingerprint density at radius 2 is 0.631 bits per heavy atom. The van der Waals surface area contributed by atoms with Gasteiger partial charge < -0.3 is 20.6 Å². The van der Waals surface area contributed by atoms with E-state index in [-0.39, 0.29) is 12.5 Å². The molecule has 0 fully saturated rings. The number of aliphatic hydroxyl groups excluding tert-OH is 3. The molecular weight excluding hydrogens is 799 g/mol. The number of nitrogens with one attached hydrogen (secondary N) is 1. The van der Waals surface area contributed by atoms with Crippen LogP contribution in [0.1, 0.15) is 328 Å². The van der Waals surface area contributed by atoms with Gasteiger partial charge in [-0.1, -0.05) is 295 Å². The molecule has 0 aliphatic carbocycles. The lowest BCUT2D eigenvalue weighted by Crippen LogP contribution is -2.50. The Labute approximate surface area is 407 Å². The van der Waals surface area contributed by atoms with Crippen molar-refractivity contribution >= 4 is 5.91 Å². The smallest absolute Gasteiger partial charge is 0.220 e. The van der Waals surface area contributed by atoms with E-state index >= 15 is 0 Å². The zero-order chi connectivity index (χ0) is 47.2. The van der Waals surface area contributed by atoms with Crippen molar-refractivity contribution in [3.63, 3.8) is 0 Å². The third-order valence-electron chi connectivity index (χ3n) is 14.0. The second-order valence-electron chi connectivity index (χ2n) is 20.5. The summed E-state index contributed by atoms with van der Waals surface area (Å²) in [5.41, 5.74) is 0. The molecule has 386 valence electrons. The van der Waals surface area contributed by atoms with E-state index in [1.54, 1.807) is 0 Å². The highest BCUT2D eigenvalue weighted by atomic mass is 16.3. The summed E-state index contributed by atoms with van der Waals surface area (Å²) >= 11 is 0. The summed E-state index contributed by atoms with van der Waals surface area (Å²) in [4.78, 5) is 12.5. The van der Waals surface area contributed by atoms with Gasteiger partial charge in [0.2, 0.25) is 5.91 Å². The molecule has 0 radical (unpaired) electrons. The highest BCUT2D eigenvalue weighted by molar-refractivity contribution is 5.76. The van der Waals surface area contributed by atoms with Gasteiger partial charge in [-0.15, -0.1) is 0 Å². The predicted octanol–water partition coefficient (Wildman–Crippen LogP) is 18.5. The highest BCUT2D eigenvalue weighted by Gasteiger charge is 2.26. The van der Waals surface area contributed by atoms with Gasteiger partial charge in [-0.3, -0.25) is 4.79 Å². The number of amides is 1. The number of unbranched alkanes of at least 4 members (excludes halogenated alkanes) is 43. The molecule has 0 saturated carbocycles. The highest BCUT2D eigenvalue weighted by Crippen LogP contribution is 2.18. The first kappa shape index (κ1) is 63.8. The number of allylic oxidation sites excluding steroid dienone is 4. The molecule has 0 spiro atoms. The van der Waals surface area contributed by atoms with E-state index in [1.165, 1.54) is 257 Å². The Hall–Kier alpha value is -1.17. The van der Waals surface area contributed by atoms with Gasteiger partial charge in [0, 0.05) is 6.42 Å². The summed E-state index contributed by atoms with van der Waals surface area (Å²) in [6, 6.07) is -0.830. The minimum absolute atomic E-state index is 0.151. The van der Waals surface area contributed by atoms with Crippen molar-refractivity contribution < 1.29 is 20.1 Å². The molecule has 1 amide bonds. The van der Waals surface area contributed by atoms with Crippen molar-refractivity contribution in [1.29, 1.82) is 0 Å². The fraction of sp³-hybridized carbons (Fsp3) is 0.917. The van der Waals surface area contributed by atoms with Crippen LogP contribution in [0.15, 0.2) is 24.3 Å². The molecule has 5 heteroatoms. The number of rotatable bonds is 55. The topological polar surface area (TPSA) is 89.8 Å². The lowest BCUT2D eigenvalue weighted by Gasteiger charge is -2.26. The van der Waals surface area contributed by atoms with E-state index < -0.39 is 18.2 Å². The van der Waals surface area contributed by atoms with Crippen molar-refractivity contribution in [2.24, 2.45) is 0 Å². The van der Waals surface area contributed by atoms with Crippen LogP contribution < -0.4 is 5.32 Å². The number of carbonyl (C=O) groups excluding carboxylic acids is 1. The van der Waals surface area contributed by atoms with Crippen molar-refractivity contribution in [2.75, 3.05) is 6.61 Å². The standard InChI is InChI=1S/C60H117NO4/c1-3-5-7-9-11-13-15-17-19-21-23-25-26-27-28-29-30-31-32-33-34-35-37-39-41-43-45-47-49-51-53-55-59(64)61-57(56-62)60(65)58(63)54-52-50-48-46-44-42-40-38-36-24-22-20-18-16-14-12-10-8-6-4-2/h38,40,46,48,57-58,60,62-63,65H,3-37,39,41-45,47,49-56H2,1-2H3,(H,61,64)/b40-38+,48-46+. The number of hydrogen-bond acceptors (Lipinski definition) is 4. The summed E-state index contributed by atoms with van der Waals surface area (Å²) in [7, 11) is 0. The van der Waals surface area contributed by atoms with Gasteiger partial charge in [0.25, 0.3) is 0 Å². The molecule has 3 unspecified atom stereocenters. The number of aliphatic hydroxyl groups is 3. The van der Waals surface area contributed by atoms with Crippen LogP contribution in [-0.2, 0) is 4.79 Å². The first-order valence-corrected chi connectivity index (χ1v) is 29.6. The number of carbonyl (C=O) groups is 1. The van der Waals surface area contributed by atoms with Gasteiger partial charge in [0.05, 0.1) is 18.8 Å². The quantitative estimate of drug-likeness (QED) is 0.0361. The van der Waals surface area contributed by atoms with E-state index in [1.807, 2.05) is 0 Å². The molecule has 4 N–H and O–H groups in total. The maximum Gasteiger partial charge on any atom is 0.220 e. The Bertz CT molecular complexity index is 967. The van der Waals surface area contributed by atoms with Crippen LogP contribution in [0.25, 0.3) is 0 Å². The molecule has 0 heterocycles. The summed E-state index contributed by atoms with van der Waals surface area (Å²) in [6.45, 7) is 4.20. The van der Waals surface area contributed by atoms with Gasteiger partial charge in [0.1, 0.15) is 6.10 Å². The van der Waals surface area contributed by atoms with Crippen molar-refractivity contribution in [1.82, 2.24) is 5.32 Å². The molecule has 65 heavy (non-hydrogen) atoms. The monoisotopic (exact) mass is 916 g/mol. The number of hydrogen-bond donors (Lipinski definition) is 4. The molecule has 3 atom stereocenters. The van der Waals surface area contributed by atoms with Gasteiger partial charge in [-0.05, 0) is 51.4 Å². The maximum atomic E-state index is 12.5. The first-order chi connectivity index (χ1) is 32.1. The molecule has 0 rings (SSSR count). The summed E-state index contributed by atoms with van der Waals surface area (Å²) < 4.78 is 0. The summed E-state index contributed by atoms with van der Waals surface area (Å²) in [6.07, 6.45) is 70.7. The molecule has 0 aromatic heterocycles. The second kappa shape index (κ2) is 55.4. The third-order valence-corrected chi connectivity index (χ3v) is 14.0. The summed E-state index contributed by atoms with van der Waals surface area (Å²) in [5.74, 6) is -0.151. The molecular formula is C60H117NO4. The van der Waals surface area contributed by atoms with Crippen LogP contribution in [0.3, 0.4) is 0 Å². The molecule has 0 aromatic carbocycles. The van der Waals surface area contributed by atoms with E-state index in [9.17, 15) is 20.1 Å². The zero-order valence-electron chi connectivity index (χ0n) is 44.1. The maximum absolute atomic E-state index is 12.5. The predicted molar refractivity (Wildman–Crippen MR) is 287 cm³/mol. The fourth-order valence-electron chi connectivity index (χ4n) is 9.48. The Morgan fingerprint density at radius 3 is 0.938 bits per heavy atom. The largest absolute Gasteiger partial charge is 0.394 e. The third kappa shape index (κ3) is 50.5. The van der Waals surface area contributed by atoms with E-state index in [4.69, 9.17) is 0 Å². The Morgan fingerprint density at radius 1 is 0.369 bits per heavy atom. The lowest BCUT2D eigenvalue weighted by atomic mass is 10.0. The van der Waals surface area contributed by atoms with Crippen molar-refractivity contribution in [3.05, 3.63) is 24.3 Å². The van der Waals surface area contributed by atoms with Crippen LogP contribution in [0.2, 0.25) is 0 Å². The Balaban J connectivity index is 3.52. The molecule has 0 aromatic rings. The van der Waals surface area contributed by atoms with E-state index in [0.717, 1.165) is 44.9 Å². The van der Waals surface area contributed by atoms with Crippen molar-refractivity contribution in [3.8, 4) is 0 Å². The fourth-order valence-corrected chi connectivity index (χ4v) is 9.48. The normalized spacial score (nSPS) is 13.4. The molecule has 0 aliphatic rings. The minimum Gasteiger partial charge on any atom is -0.394 e. The average molecular weight is 917 g/mol. The molecule has 0 aliphatic heterocycles. The van der Waals surface area contributed by atoms with Gasteiger partial charge in [-0.2, -0.15) is 0 Å². The first-order valence-electron chi connectivity index (χ1n) is 29.6. The van der Waals surface area contributed by atoms with E-state index in [2.05, 4.69) is 43.5 Å². The van der Waals surface area contributed by atoms with Gasteiger partial charge >= 0.3 is 0 Å². The molecule has 5 nitrogen and oxygen atoms in total. The lowest BCUT2D eigenvalue weighted by molar-refractivity contribution is -0.124. The van der Waals surface area contributed by atoms with Crippen LogP contribution >= 0.6 is 0 Å². The average Bonchev–Trinajstić information content (AvgIpc) is 3.31. The van der Waals surface area contributed by atoms with Crippen molar-refractivity contribution in [2.45, 2.75) is 347 Å². The SMILES string of the molecule is CCCCCCCCCCCCC/C=C/CC/C=C/CCCC(O)C(O)C(CO)NC(=O)CCCCCCCCCCCCCCCCCCCCCCCCCCCCCCCCC. The zero-order valence-corrected chi connectivity index (χ0v) is 44.1. The molecule has 0 saturated heterocycles. The van der Waals surface area contributed by atoms with Crippen LogP contribution in [0.4, 0.5) is 0 Å². The van der Waals surface area contributed by atoms with Crippen LogP contribution in [0, 0.1) is 0 Å². The Kier molecular flexibility index (Phi) is 54.4. The van der Waals surface area contributed by atoms with E-state index in [0.29, 0.717) is 12.8 Å². The molecule has 0 bridgehead atoms. The second-order valence-corrected chi connectivity index (χ2v) is 20.5. The summed E-state index contributed by atoms with van der Waals surface area (Å²) in [5, 5.41) is 33.7. The van der Waals surface area contributed by atoms with Crippen LogP contribution in [0.5, 0.6) is 0 Å². The van der Waals surface area contributed by atoms with Gasteiger partial charge in [-0.25, -0.2) is 0 Å². The van der Waals surface area contributed by atoms with Crippen LogP contribution in [-0.4, -0.2) is 46.1 Å². The minimum atomic E-state index is -1.17. The van der Waals surface area contributed by atoms with Gasteiger partial charge in [0.15, 0.2) is 0 Å².